The number of hydrogen-bond donors (Lipinski definition) is 2. The van der Waals surface area contributed by atoms with Gasteiger partial charge in [0.05, 0.1) is 23.1 Å². The Morgan fingerprint density at radius 1 is 1.12 bits per heavy atom. The first-order chi connectivity index (χ1) is 15.6. The second kappa shape index (κ2) is 8.26. The Bertz CT molecular complexity index is 1340. The number of rotatable bonds is 6. The van der Waals surface area contributed by atoms with Gasteiger partial charge in [0.1, 0.15) is 5.82 Å². The maximum absolute atomic E-state index is 13.2. The molecule has 1 amide bonds. The van der Waals surface area contributed by atoms with Gasteiger partial charge in [-0.25, -0.2) is 9.67 Å². The molecule has 32 heavy (non-hydrogen) atoms. The molecule has 0 bridgehead atoms. The minimum Gasteiger partial charge on any atom is -0.322 e. The zero-order valence-electron chi connectivity index (χ0n) is 17.7. The molecular formula is C25H23N5O2. The predicted molar refractivity (Wildman–Crippen MR) is 123 cm³/mol. The number of carbonyl (C=O) groups is 1. The molecule has 1 saturated carbocycles. The SMILES string of the molecule is CCc1cc(=O)[nH]c(-c2cccc(NC(=O)c3cnn(-c4ccccc4)c3C3CC3)c2)n1. The van der Waals surface area contributed by atoms with Gasteiger partial charge in [0.15, 0.2) is 0 Å². The fourth-order valence-electron chi connectivity index (χ4n) is 3.83. The van der Waals surface area contributed by atoms with Gasteiger partial charge in [-0.3, -0.25) is 9.59 Å². The minimum absolute atomic E-state index is 0.191. The number of para-hydroxylation sites is 1. The number of anilines is 1. The van der Waals surface area contributed by atoms with E-state index in [1.807, 2.05) is 66.2 Å². The molecule has 1 aliphatic carbocycles. The van der Waals surface area contributed by atoms with E-state index in [9.17, 15) is 9.59 Å². The maximum Gasteiger partial charge on any atom is 0.259 e. The molecular weight excluding hydrogens is 402 g/mol. The molecule has 0 spiro atoms. The summed E-state index contributed by atoms with van der Waals surface area (Å²) in [4.78, 5) is 32.4. The summed E-state index contributed by atoms with van der Waals surface area (Å²) < 4.78 is 1.87. The topological polar surface area (TPSA) is 92.7 Å². The first-order valence-electron chi connectivity index (χ1n) is 10.8. The van der Waals surface area contributed by atoms with E-state index in [2.05, 4.69) is 20.4 Å². The lowest BCUT2D eigenvalue weighted by molar-refractivity contribution is 0.102. The van der Waals surface area contributed by atoms with Gasteiger partial charge < -0.3 is 10.3 Å². The Hall–Kier alpha value is -4.00. The third kappa shape index (κ3) is 3.97. The van der Waals surface area contributed by atoms with Gasteiger partial charge >= 0.3 is 0 Å². The molecule has 2 aromatic carbocycles. The van der Waals surface area contributed by atoms with Gasteiger partial charge in [0, 0.05) is 28.9 Å². The van der Waals surface area contributed by atoms with Crippen molar-refractivity contribution in [3.8, 4) is 17.1 Å². The van der Waals surface area contributed by atoms with Crippen LogP contribution in [0, 0.1) is 0 Å². The summed E-state index contributed by atoms with van der Waals surface area (Å²) in [6, 6.07) is 18.7. The lowest BCUT2D eigenvalue weighted by Gasteiger charge is -2.10. The Balaban J connectivity index is 1.44. The van der Waals surface area contributed by atoms with Gasteiger partial charge in [-0.1, -0.05) is 37.3 Å². The fraction of sp³-hybridized carbons (Fsp3) is 0.200. The summed E-state index contributed by atoms with van der Waals surface area (Å²) >= 11 is 0. The average Bonchev–Trinajstić information content (AvgIpc) is 3.56. The quantitative estimate of drug-likeness (QED) is 0.481. The van der Waals surface area contributed by atoms with Crippen LogP contribution in [0.1, 0.15) is 47.4 Å². The molecule has 0 aliphatic heterocycles. The van der Waals surface area contributed by atoms with Crippen LogP contribution in [-0.4, -0.2) is 25.7 Å². The summed E-state index contributed by atoms with van der Waals surface area (Å²) in [7, 11) is 0. The molecule has 160 valence electrons. The second-order valence-corrected chi connectivity index (χ2v) is 7.94. The number of aromatic nitrogens is 4. The van der Waals surface area contributed by atoms with Crippen molar-refractivity contribution in [3.63, 3.8) is 0 Å². The van der Waals surface area contributed by atoms with E-state index < -0.39 is 0 Å². The van der Waals surface area contributed by atoms with Crippen molar-refractivity contribution in [2.24, 2.45) is 0 Å². The number of amides is 1. The smallest absolute Gasteiger partial charge is 0.259 e. The predicted octanol–water partition coefficient (Wildman–Crippen LogP) is 4.31. The van der Waals surface area contributed by atoms with Crippen LogP contribution in [-0.2, 0) is 6.42 Å². The van der Waals surface area contributed by atoms with Crippen molar-refractivity contribution in [1.29, 1.82) is 0 Å². The van der Waals surface area contributed by atoms with E-state index in [1.165, 1.54) is 6.07 Å². The average molecular weight is 425 g/mol. The first-order valence-corrected chi connectivity index (χ1v) is 10.8. The van der Waals surface area contributed by atoms with Crippen LogP contribution >= 0.6 is 0 Å². The number of hydrogen-bond acceptors (Lipinski definition) is 4. The highest BCUT2D eigenvalue weighted by Gasteiger charge is 2.33. The highest BCUT2D eigenvalue weighted by atomic mass is 16.1. The van der Waals surface area contributed by atoms with Crippen molar-refractivity contribution in [1.82, 2.24) is 19.7 Å². The zero-order chi connectivity index (χ0) is 22.1. The van der Waals surface area contributed by atoms with E-state index in [0.717, 1.165) is 35.5 Å². The van der Waals surface area contributed by atoms with Crippen LogP contribution in [0.4, 0.5) is 5.69 Å². The molecule has 5 rings (SSSR count). The second-order valence-electron chi connectivity index (χ2n) is 7.94. The number of nitrogens with zero attached hydrogens (tertiary/aromatic N) is 3. The molecule has 1 fully saturated rings. The van der Waals surface area contributed by atoms with Crippen molar-refractivity contribution in [3.05, 3.63) is 94.2 Å². The molecule has 1 aliphatic rings. The van der Waals surface area contributed by atoms with Gasteiger partial charge in [0.2, 0.25) is 0 Å². The Labute approximate surface area is 185 Å². The van der Waals surface area contributed by atoms with Crippen LogP contribution in [0.5, 0.6) is 0 Å². The lowest BCUT2D eigenvalue weighted by atomic mass is 10.1. The number of aryl methyl sites for hydroxylation is 1. The van der Waals surface area contributed by atoms with Crippen LogP contribution in [0.25, 0.3) is 17.1 Å². The summed E-state index contributed by atoms with van der Waals surface area (Å²) in [5, 5.41) is 7.50. The molecule has 7 nitrogen and oxygen atoms in total. The highest BCUT2D eigenvalue weighted by molar-refractivity contribution is 6.05. The van der Waals surface area contributed by atoms with Crippen LogP contribution in [0.3, 0.4) is 0 Å². The van der Waals surface area contributed by atoms with Gasteiger partial charge in [0.25, 0.3) is 11.5 Å². The standard InChI is InChI=1S/C25H23N5O2/c1-2-18-14-22(31)29-24(27-18)17-7-6-8-19(13-17)28-25(32)21-15-26-30(23(21)16-11-12-16)20-9-4-3-5-10-20/h3-10,13-16H,2,11-12H2,1H3,(H,28,32)(H,27,29,31). The van der Waals surface area contributed by atoms with Crippen LogP contribution < -0.4 is 10.9 Å². The summed E-state index contributed by atoms with van der Waals surface area (Å²) in [6.07, 6.45) is 4.43. The van der Waals surface area contributed by atoms with Gasteiger partial charge in [-0.15, -0.1) is 0 Å². The van der Waals surface area contributed by atoms with Crippen LogP contribution in [0.2, 0.25) is 0 Å². The molecule has 2 heterocycles. The van der Waals surface area contributed by atoms with E-state index in [1.54, 1.807) is 6.20 Å². The normalized spacial score (nSPS) is 13.2. The maximum atomic E-state index is 13.2. The van der Waals surface area contributed by atoms with Gasteiger partial charge in [-0.05, 0) is 43.5 Å². The van der Waals surface area contributed by atoms with E-state index in [-0.39, 0.29) is 11.5 Å². The van der Waals surface area contributed by atoms with Gasteiger partial charge in [-0.2, -0.15) is 5.10 Å². The first kappa shape index (κ1) is 19.9. The summed E-state index contributed by atoms with van der Waals surface area (Å²) in [5.74, 6) is 0.631. The van der Waals surface area contributed by atoms with E-state index in [0.29, 0.717) is 29.4 Å². The molecule has 0 saturated heterocycles. The molecule has 0 radical (unpaired) electrons. The Morgan fingerprint density at radius 3 is 2.69 bits per heavy atom. The van der Waals surface area contributed by atoms with Crippen molar-refractivity contribution in [2.75, 3.05) is 5.32 Å². The molecule has 0 atom stereocenters. The number of benzene rings is 2. The monoisotopic (exact) mass is 425 g/mol. The van der Waals surface area contributed by atoms with E-state index in [4.69, 9.17) is 0 Å². The molecule has 0 unspecified atom stereocenters. The highest BCUT2D eigenvalue weighted by Crippen LogP contribution is 2.42. The summed E-state index contributed by atoms with van der Waals surface area (Å²) in [5.41, 5.74) is 4.38. The molecule has 2 N–H and O–H groups in total. The third-order valence-corrected chi connectivity index (χ3v) is 5.57. The Morgan fingerprint density at radius 2 is 1.94 bits per heavy atom. The third-order valence-electron chi connectivity index (χ3n) is 5.57. The number of carbonyl (C=O) groups excluding carboxylic acids is 1. The van der Waals surface area contributed by atoms with E-state index >= 15 is 0 Å². The van der Waals surface area contributed by atoms with Crippen molar-refractivity contribution in [2.45, 2.75) is 32.1 Å². The van der Waals surface area contributed by atoms with Crippen LogP contribution in [0.15, 0.2) is 71.7 Å². The van der Waals surface area contributed by atoms with Crippen molar-refractivity contribution < 1.29 is 4.79 Å². The molecule has 4 aromatic rings. The fourth-order valence-corrected chi connectivity index (χ4v) is 3.83. The zero-order valence-corrected chi connectivity index (χ0v) is 17.7. The number of H-pyrrole nitrogens is 1. The molecule has 7 heteroatoms. The Kier molecular flexibility index (Phi) is 5.15. The lowest BCUT2D eigenvalue weighted by Crippen LogP contribution is -2.14. The summed E-state index contributed by atoms with van der Waals surface area (Å²) in [6.45, 7) is 1.95. The van der Waals surface area contributed by atoms with Crippen molar-refractivity contribution >= 4 is 11.6 Å². The number of nitrogens with one attached hydrogen (secondary N) is 2. The largest absolute Gasteiger partial charge is 0.322 e. The number of aromatic amines is 1. The molecule has 2 aromatic heterocycles. The minimum atomic E-state index is -0.199.